The summed E-state index contributed by atoms with van der Waals surface area (Å²) < 4.78 is 0. The molecule has 2 saturated heterocycles. The maximum atomic E-state index is 13.8. The van der Waals surface area contributed by atoms with Crippen LogP contribution < -0.4 is 16.0 Å². The first-order valence-corrected chi connectivity index (χ1v) is 14.3. The largest absolute Gasteiger partial charge is 0.391 e. The van der Waals surface area contributed by atoms with E-state index in [0.29, 0.717) is 6.42 Å². The quantitative estimate of drug-likeness (QED) is 0.385. The van der Waals surface area contributed by atoms with Gasteiger partial charge in [0.1, 0.15) is 23.8 Å². The third-order valence-electron chi connectivity index (χ3n) is 7.76. The molecule has 0 aliphatic carbocycles. The van der Waals surface area contributed by atoms with E-state index < -0.39 is 53.8 Å². The lowest BCUT2D eigenvalue weighted by Crippen LogP contribution is -2.58. The molecule has 0 spiro atoms. The highest BCUT2D eigenvalue weighted by molar-refractivity contribution is 5.97. The topological polar surface area (TPSA) is 161 Å². The van der Waals surface area contributed by atoms with E-state index in [2.05, 4.69) is 20.9 Å². The van der Waals surface area contributed by atoms with Crippen molar-refractivity contribution in [2.24, 2.45) is 5.92 Å². The molecular weight excluding hydrogens is 540 g/mol. The molecule has 2 aliphatic rings. The van der Waals surface area contributed by atoms with Crippen molar-refractivity contribution in [2.45, 2.75) is 57.3 Å². The van der Waals surface area contributed by atoms with Gasteiger partial charge in [0.15, 0.2) is 0 Å². The van der Waals surface area contributed by atoms with E-state index in [1.54, 1.807) is 12.1 Å². The van der Waals surface area contributed by atoms with Crippen LogP contribution in [0.5, 0.6) is 0 Å². The molecule has 1 aromatic carbocycles. The van der Waals surface area contributed by atoms with Gasteiger partial charge >= 0.3 is 0 Å². The number of pyridine rings is 1. The normalized spacial score (nSPS) is 24.9. The summed E-state index contributed by atoms with van der Waals surface area (Å²) in [5.74, 6) is -2.92. The lowest BCUT2D eigenvalue weighted by molar-refractivity contribution is -0.143. The van der Waals surface area contributed by atoms with Gasteiger partial charge < -0.3 is 30.9 Å². The highest BCUT2D eigenvalue weighted by Gasteiger charge is 2.43. The Morgan fingerprint density at radius 1 is 1.05 bits per heavy atom. The van der Waals surface area contributed by atoms with Gasteiger partial charge in [-0.05, 0) is 23.6 Å². The van der Waals surface area contributed by atoms with Gasteiger partial charge in [-0.25, -0.2) is 0 Å². The Hall–Kier alpha value is -4.32. The number of carbonyl (C=O) groups excluding carboxylic acids is 5. The maximum Gasteiger partial charge on any atom is 0.272 e. The molecule has 4 N–H and O–H groups in total. The first kappa shape index (κ1) is 30.6. The molecule has 0 saturated carbocycles. The molecule has 0 radical (unpaired) electrons. The molecule has 5 amide bonds. The molecule has 12 heteroatoms. The summed E-state index contributed by atoms with van der Waals surface area (Å²) in [6.45, 7) is 3.23. The van der Waals surface area contributed by atoms with E-state index in [1.165, 1.54) is 22.1 Å². The van der Waals surface area contributed by atoms with Gasteiger partial charge in [-0.1, -0.05) is 56.7 Å². The van der Waals surface area contributed by atoms with Crippen molar-refractivity contribution >= 4 is 29.5 Å². The van der Waals surface area contributed by atoms with Gasteiger partial charge in [-0.3, -0.25) is 29.0 Å². The second kappa shape index (κ2) is 14.0. The predicted molar refractivity (Wildman–Crippen MR) is 153 cm³/mol. The summed E-state index contributed by atoms with van der Waals surface area (Å²) in [6.07, 6.45) is 1.28. The highest BCUT2D eigenvalue weighted by Crippen LogP contribution is 2.22. The van der Waals surface area contributed by atoms with Crippen LogP contribution in [-0.2, 0) is 25.6 Å². The smallest absolute Gasteiger partial charge is 0.272 e. The minimum Gasteiger partial charge on any atom is -0.391 e. The Labute approximate surface area is 244 Å². The summed E-state index contributed by atoms with van der Waals surface area (Å²) in [6, 6.07) is 11.1. The fraction of sp³-hybridized carbons (Fsp3) is 0.467. The standard InChI is InChI=1S/C30H38N6O6/c1-3-19(2)26-30(42)36-17-21(37)16-24(36)28(40)33-23(15-20-9-5-4-6-10-20)27(39)32-13-14-35(18-25(38)34-26)29(41)22-11-7-8-12-31-22/h4-12,19,21,23-24,26,37H,3,13-18H2,1-2H3,(H,32,39)(H,33,40)(H,34,38)/t19-,21+,23-,24-,26-/m0/s1. The number of amides is 5. The number of fused-ring (bicyclic) bond motifs is 1. The number of nitrogens with one attached hydrogen (secondary N) is 3. The van der Waals surface area contributed by atoms with E-state index >= 15 is 0 Å². The molecular formula is C30H38N6O6. The molecule has 0 unspecified atom stereocenters. The van der Waals surface area contributed by atoms with Crippen molar-refractivity contribution in [2.75, 3.05) is 26.2 Å². The van der Waals surface area contributed by atoms with Crippen molar-refractivity contribution in [3.8, 4) is 0 Å². The Bertz CT molecular complexity index is 1270. The number of hydrogen-bond donors (Lipinski definition) is 4. The van der Waals surface area contributed by atoms with Crippen LogP contribution in [0, 0.1) is 5.92 Å². The third-order valence-corrected chi connectivity index (χ3v) is 7.76. The van der Waals surface area contributed by atoms with Crippen molar-refractivity contribution in [3.05, 3.63) is 66.0 Å². The first-order valence-electron chi connectivity index (χ1n) is 14.3. The number of benzene rings is 1. The fourth-order valence-corrected chi connectivity index (χ4v) is 5.23. The summed E-state index contributed by atoms with van der Waals surface area (Å²) in [5.41, 5.74) is 0.945. The number of nitrogens with zero attached hydrogens (tertiary/aromatic N) is 3. The molecule has 224 valence electrons. The zero-order chi connectivity index (χ0) is 30.2. The number of aliphatic hydroxyl groups is 1. The predicted octanol–water partition coefficient (Wildman–Crippen LogP) is -0.126. The maximum absolute atomic E-state index is 13.8. The lowest BCUT2D eigenvalue weighted by Gasteiger charge is -2.32. The van der Waals surface area contributed by atoms with E-state index in [0.717, 1.165) is 5.56 Å². The van der Waals surface area contributed by atoms with Crippen molar-refractivity contribution < 1.29 is 29.1 Å². The second-order valence-corrected chi connectivity index (χ2v) is 10.8. The molecule has 1 aromatic heterocycles. The molecule has 2 aliphatic heterocycles. The average Bonchev–Trinajstić information content (AvgIpc) is 3.40. The number of rotatable bonds is 5. The SMILES string of the molecule is CC[C@H](C)[C@@H]1NC(=O)CN(C(=O)c2ccccn2)CCNC(=O)[C@H](Cc2ccccc2)NC(=O)[C@@H]2C[C@@H](O)CN2C1=O. The molecule has 2 fully saturated rings. The molecule has 3 heterocycles. The monoisotopic (exact) mass is 578 g/mol. The van der Waals surface area contributed by atoms with E-state index in [9.17, 15) is 29.1 Å². The van der Waals surface area contributed by atoms with Crippen molar-refractivity contribution in [3.63, 3.8) is 0 Å². The summed E-state index contributed by atoms with van der Waals surface area (Å²) in [5, 5.41) is 18.8. The number of hydrogen-bond acceptors (Lipinski definition) is 7. The minimum absolute atomic E-state index is 0.00474. The van der Waals surface area contributed by atoms with Gasteiger partial charge in [0, 0.05) is 38.7 Å². The van der Waals surface area contributed by atoms with Crippen LogP contribution in [0.3, 0.4) is 0 Å². The molecule has 2 aromatic rings. The van der Waals surface area contributed by atoms with Crippen LogP contribution in [0.25, 0.3) is 0 Å². The summed E-state index contributed by atoms with van der Waals surface area (Å²) in [4.78, 5) is 73.9. The van der Waals surface area contributed by atoms with Gasteiger partial charge in [-0.2, -0.15) is 0 Å². The van der Waals surface area contributed by atoms with Crippen molar-refractivity contribution in [1.29, 1.82) is 0 Å². The van der Waals surface area contributed by atoms with Gasteiger partial charge in [0.25, 0.3) is 5.91 Å². The van der Waals surface area contributed by atoms with Crippen molar-refractivity contribution in [1.82, 2.24) is 30.7 Å². The fourth-order valence-electron chi connectivity index (χ4n) is 5.23. The van der Waals surface area contributed by atoms with Gasteiger partial charge in [0.2, 0.25) is 23.6 Å². The Morgan fingerprint density at radius 2 is 1.79 bits per heavy atom. The van der Waals surface area contributed by atoms with Crippen LogP contribution in [0.4, 0.5) is 0 Å². The van der Waals surface area contributed by atoms with Gasteiger partial charge in [0.05, 0.1) is 12.6 Å². The van der Waals surface area contributed by atoms with Crippen LogP contribution in [0.15, 0.2) is 54.7 Å². The molecule has 0 bridgehead atoms. The molecule has 5 atom stereocenters. The van der Waals surface area contributed by atoms with Gasteiger partial charge in [-0.15, -0.1) is 0 Å². The van der Waals surface area contributed by atoms with Crippen LogP contribution in [-0.4, -0.2) is 99.8 Å². The number of carbonyl (C=O) groups is 5. The number of aromatic nitrogens is 1. The van der Waals surface area contributed by atoms with E-state index in [4.69, 9.17) is 0 Å². The minimum atomic E-state index is -1.02. The van der Waals surface area contributed by atoms with E-state index in [1.807, 2.05) is 44.2 Å². The number of aliphatic hydroxyl groups excluding tert-OH is 1. The lowest BCUT2D eigenvalue weighted by atomic mass is 9.97. The molecule has 4 rings (SSSR count). The summed E-state index contributed by atoms with van der Waals surface area (Å²) in [7, 11) is 0. The zero-order valence-electron chi connectivity index (χ0n) is 23.9. The first-order chi connectivity index (χ1) is 20.2. The van der Waals surface area contributed by atoms with Crippen LogP contribution in [0.2, 0.25) is 0 Å². The Morgan fingerprint density at radius 3 is 2.48 bits per heavy atom. The zero-order valence-corrected chi connectivity index (χ0v) is 23.9. The molecule has 12 nitrogen and oxygen atoms in total. The van der Waals surface area contributed by atoms with E-state index in [-0.39, 0.29) is 50.6 Å². The summed E-state index contributed by atoms with van der Waals surface area (Å²) >= 11 is 0. The Balaban J connectivity index is 1.67. The second-order valence-electron chi connectivity index (χ2n) is 10.8. The third kappa shape index (κ3) is 7.49. The highest BCUT2D eigenvalue weighted by atomic mass is 16.3. The van der Waals surface area contributed by atoms with Crippen LogP contribution in [0.1, 0.15) is 42.7 Å². The van der Waals surface area contributed by atoms with Crippen LogP contribution >= 0.6 is 0 Å². The molecule has 42 heavy (non-hydrogen) atoms. The Kier molecular flexibility index (Phi) is 10.2. The average molecular weight is 579 g/mol.